The number of carbonyl (C=O) groups is 2. The second-order valence-corrected chi connectivity index (χ2v) is 3.59. The van der Waals surface area contributed by atoms with Crippen molar-refractivity contribution in [2.24, 2.45) is 5.92 Å². The predicted octanol–water partition coefficient (Wildman–Crippen LogP) is 2.14. The molecule has 0 bridgehead atoms. The summed E-state index contributed by atoms with van der Waals surface area (Å²) < 4.78 is 0. The Morgan fingerprint density at radius 3 is 2.12 bits per heavy atom. The lowest BCUT2D eigenvalue weighted by Crippen LogP contribution is -2.21. The number of hydrogen-bond donors (Lipinski definition) is 2. The average molecular weight is 226 g/mol. The third-order valence-electron chi connectivity index (χ3n) is 2.15. The largest absolute Gasteiger partial charge is 0.480 e. The van der Waals surface area contributed by atoms with Crippen molar-refractivity contribution in [2.75, 3.05) is 0 Å². The highest BCUT2D eigenvalue weighted by Crippen LogP contribution is 2.04. The van der Waals surface area contributed by atoms with Crippen LogP contribution in [0.3, 0.4) is 0 Å². The van der Waals surface area contributed by atoms with Crippen LogP contribution in [-0.2, 0) is 9.59 Å². The summed E-state index contributed by atoms with van der Waals surface area (Å²) in [6.07, 6.45) is 6.05. The van der Waals surface area contributed by atoms with Crippen molar-refractivity contribution in [1.29, 1.82) is 0 Å². The van der Waals surface area contributed by atoms with E-state index >= 15 is 0 Å². The molecule has 0 amide bonds. The van der Waals surface area contributed by atoms with Crippen LogP contribution in [0.5, 0.6) is 0 Å². The summed E-state index contributed by atoms with van der Waals surface area (Å²) in [4.78, 5) is 20.9. The van der Waals surface area contributed by atoms with Gasteiger partial charge in [0.1, 0.15) is 0 Å². The van der Waals surface area contributed by atoms with Gasteiger partial charge in [0, 0.05) is 6.42 Å². The molecule has 0 aromatic rings. The maximum atomic E-state index is 10.5. The molecule has 0 heterocycles. The first-order chi connectivity index (χ1) is 7.59. The van der Waals surface area contributed by atoms with Crippen molar-refractivity contribution < 1.29 is 19.8 Å². The molecule has 90 valence electrons. The third-order valence-corrected chi connectivity index (χ3v) is 2.15. The maximum Gasteiger partial charge on any atom is 0.330 e. The van der Waals surface area contributed by atoms with E-state index in [2.05, 4.69) is 18.8 Å². The summed E-state index contributed by atoms with van der Waals surface area (Å²) in [7, 11) is 0. The Morgan fingerprint density at radius 2 is 1.62 bits per heavy atom. The van der Waals surface area contributed by atoms with Crippen molar-refractivity contribution in [3.8, 4) is 11.8 Å². The van der Waals surface area contributed by atoms with Crippen LogP contribution in [0.4, 0.5) is 0 Å². The van der Waals surface area contributed by atoms with Crippen LogP contribution >= 0.6 is 0 Å². The Labute approximate surface area is 95.7 Å². The van der Waals surface area contributed by atoms with E-state index in [9.17, 15) is 9.59 Å². The van der Waals surface area contributed by atoms with Crippen molar-refractivity contribution >= 4 is 11.9 Å². The molecule has 16 heavy (non-hydrogen) atoms. The van der Waals surface area contributed by atoms with Crippen molar-refractivity contribution in [3.05, 3.63) is 0 Å². The predicted molar refractivity (Wildman–Crippen MR) is 59.9 cm³/mol. The zero-order valence-electron chi connectivity index (χ0n) is 9.53. The monoisotopic (exact) mass is 226 g/mol. The lowest BCUT2D eigenvalue weighted by atomic mass is 10.1. The molecule has 0 fully saturated rings. The van der Waals surface area contributed by atoms with E-state index in [1.165, 1.54) is 12.8 Å². The minimum absolute atomic E-state index is 0.570. The van der Waals surface area contributed by atoms with Crippen LogP contribution in [0.25, 0.3) is 0 Å². The van der Waals surface area contributed by atoms with Gasteiger partial charge < -0.3 is 10.2 Å². The van der Waals surface area contributed by atoms with Gasteiger partial charge in [-0.3, -0.25) is 9.59 Å². The van der Waals surface area contributed by atoms with Gasteiger partial charge in [0.15, 0.2) is 0 Å². The highest BCUT2D eigenvalue weighted by atomic mass is 16.4. The molecule has 0 aliphatic rings. The Balaban J connectivity index is 3.81. The van der Waals surface area contributed by atoms with Crippen molar-refractivity contribution in [1.82, 2.24) is 0 Å². The van der Waals surface area contributed by atoms with Crippen LogP contribution < -0.4 is 0 Å². The van der Waals surface area contributed by atoms with Crippen molar-refractivity contribution in [3.63, 3.8) is 0 Å². The molecular weight excluding hydrogens is 208 g/mol. The Kier molecular flexibility index (Phi) is 7.96. The molecule has 0 unspecified atom stereocenters. The van der Waals surface area contributed by atoms with Crippen molar-refractivity contribution in [2.45, 2.75) is 45.4 Å². The van der Waals surface area contributed by atoms with E-state index in [1.807, 2.05) is 0 Å². The molecule has 0 spiro atoms. The van der Waals surface area contributed by atoms with E-state index < -0.39 is 17.9 Å². The van der Waals surface area contributed by atoms with E-state index in [1.54, 1.807) is 0 Å². The van der Waals surface area contributed by atoms with E-state index in [0.717, 1.165) is 19.3 Å². The average Bonchev–Trinajstić information content (AvgIpc) is 2.21. The van der Waals surface area contributed by atoms with Gasteiger partial charge in [-0.15, -0.1) is 5.92 Å². The van der Waals surface area contributed by atoms with Gasteiger partial charge in [0.2, 0.25) is 5.92 Å². The number of carboxylic acids is 2. The Hall–Kier alpha value is -1.50. The van der Waals surface area contributed by atoms with E-state index in [4.69, 9.17) is 10.2 Å². The van der Waals surface area contributed by atoms with Crippen LogP contribution in [0.1, 0.15) is 45.4 Å². The number of hydrogen-bond acceptors (Lipinski definition) is 2. The molecule has 0 radical (unpaired) electrons. The van der Waals surface area contributed by atoms with Crippen LogP contribution in [0.15, 0.2) is 0 Å². The van der Waals surface area contributed by atoms with Crippen LogP contribution in [-0.4, -0.2) is 22.2 Å². The fourth-order valence-corrected chi connectivity index (χ4v) is 1.22. The summed E-state index contributed by atoms with van der Waals surface area (Å²) in [5.41, 5.74) is 0. The first-order valence-electron chi connectivity index (χ1n) is 5.53. The van der Waals surface area contributed by atoms with Gasteiger partial charge in [-0.25, -0.2) is 0 Å². The summed E-state index contributed by atoms with van der Waals surface area (Å²) in [5, 5.41) is 17.1. The third kappa shape index (κ3) is 6.88. The van der Waals surface area contributed by atoms with Gasteiger partial charge >= 0.3 is 11.9 Å². The number of aliphatic carboxylic acids is 2. The van der Waals surface area contributed by atoms with Crippen LogP contribution in [0, 0.1) is 17.8 Å². The van der Waals surface area contributed by atoms with Gasteiger partial charge in [-0.05, 0) is 6.42 Å². The van der Waals surface area contributed by atoms with Crippen LogP contribution in [0.2, 0.25) is 0 Å². The number of carboxylic acid groups (broad SMARTS) is 2. The quantitative estimate of drug-likeness (QED) is 0.396. The molecular formula is C12H18O4. The number of rotatable bonds is 7. The van der Waals surface area contributed by atoms with Gasteiger partial charge in [0.25, 0.3) is 0 Å². The normalized spacial score (nSPS) is 9.62. The second-order valence-electron chi connectivity index (χ2n) is 3.59. The molecule has 0 atom stereocenters. The molecule has 0 aromatic carbocycles. The zero-order chi connectivity index (χ0) is 12.4. The van der Waals surface area contributed by atoms with Gasteiger partial charge in [-0.1, -0.05) is 38.5 Å². The summed E-state index contributed by atoms with van der Waals surface area (Å²) in [5.74, 6) is 0.492. The SMILES string of the molecule is CCCCCCCC#CC(C(=O)O)C(=O)O. The smallest absolute Gasteiger partial charge is 0.330 e. The first kappa shape index (κ1) is 14.5. The first-order valence-corrected chi connectivity index (χ1v) is 5.53. The van der Waals surface area contributed by atoms with Gasteiger partial charge in [-0.2, -0.15) is 0 Å². The fourth-order valence-electron chi connectivity index (χ4n) is 1.22. The summed E-state index contributed by atoms with van der Waals surface area (Å²) in [6, 6.07) is 0. The summed E-state index contributed by atoms with van der Waals surface area (Å²) >= 11 is 0. The minimum atomic E-state index is -1.59. The zero-order valence-corrected chi connectivity index (χ0v) is 9.53. The van der Waals surface area contributed by atoms with E-state index in [-0.39, 0.29) is 0 Å². The molecule has 4 nitrogen and oxygen atoms in total. The topological polar surface area (TPSA) is 74.6 Å². The standard InChI is InChI=1S/C12H18O4/c1-2-3-4-5-6-7-8-9-10(11(13)14)12(15)16/h10H,2-7H2,1H3,(H,13,14)(H,15,16). The maximum absolute atomic E-state index is 10.5. The second kappa shape index (κ2) is 8.78. The molecule has 0 saturated heterocycles. The molecule has 0 saturated carbocycles. The Morgan fingerprint density at radius 1 is 1.06 bits per heavy atom. The molecule has 4 heteroatoms. The lowest BCUT2D eigenvalue weighted by Gasteiger charge is -1.97. The highest BCUT2D eigenvalue weighted by molar-refractivity contribution is 5.96. The molecule has 2 N–H and O–H groups in total. The Bertz CT molecular complexity index is 271. The molecule has 0 aromatic heterocycles. The molecule has 0 aliphatic heterocycles. The fraction of sp³-hybridized carbons (Fsp3) is 0.667. The lowest BCUT2D eigenvalue weighted by molar-refractivity contribution is -0.151. The molecule has 0 aliphatic carbocycles. The minimum Gasteiger partial charge on any atom is -0.480 e. The highest BCUT2D eigenvalue weighted by Gasteiger charge is 2.22. The van der Waals surface area contributed by atoms with Gasteiger partial charge in [0.05, 0.1) is 0 Å². The number of unbranched alkanes of at least 4 members (excludes halogenated alkanes) is 5. The summed E-state index contributed by atoms with van der Waals surface area (Å²) in [6.45, 7) is 2.13. The molecule has 0 rings (SSSR count). The van der Waals surface area contributed by atoms with E-state index in [0.29, 0.717) is 6.42 Å².